The van der Waals surface area contributed by atoms with E-state index in [2.05, 4.69) is 27.7 Å². The van der Waals surface area contributed by atoms with Crippen LogP contribution >= 0.6 is 0 Å². The van der Waals surface area contributed by atoms with Crippen molar-refractivity contribution >= 4 is 0 Å². The summed E-state index contributed by atoms with van der Waals surface area (Å²) in [5.41, 5.74) is 0.500. The molecule has 0 aromatic carbocycles. The Bertz CT molecular complexity index is 65.9. The van der Waals surface area contributed by atoms with Crippen LogP contribution in [0.2, 0.25) is 0 Å². The van der Waals surface area contributed by atoms with Crippen LogP contribution in [0.15, 0.2) is 0 Å². The van der Waals surface area contributed by atoms with Crippen molar-refractivity contribution in [2.45, 2.75) is 33.8 Å². The predicted molar refractivity (Wildman–Crippen MR) is 45.3 cm³/mol. The smallest absolute Gasteiger partial charge is 0.100 e. The zero-order valence-electron chi connectivity index (χ0n) is 7.83. The Morgan fingerprint density at radius 2 is 1.18 bits per heavy atom. The van der Waals surface area contributed by atoms with Crippen LogP contribution in [-0.4, -0.2) is 34.6 Å². The summed E-state index contributed by atoms with van der Waals surface area (Å²) in [7, 11) is 0. The summed E-state index contributed by atoms with van der Waals surface area (Å²) in [4.78, 5) is 0. The number of hydrogen-bond acceptors (Lipinski definition) is 3. The van der Waals surface area contributed by atoms with Gasteiger partial charge in [-0.3, -0.25) is 0 Å². The van der Waals surface area contributed by atoms with Crippen molar-refractivity contribution in [1.29, 1.82) is 0 Å². The van der Waals surface area contributed by atoms with Crippen LogP contribution in [0.4, 0.5) is 0 Å². The van der Waals surface area contributed by atoms with E-state index in [9.17, 15) is 0 Å². The van der Waals surface area contributed by atoms with Gasteiger partial charge in [-0.25, -0.2) is 0 Å². The molecule has 0 fully saturated rings. The largest absolute Gasteiger partial charge is 0.394 e. The van der Waals surface area contributed by atoms with E-state index in [4.69, 9.17) is 15.3 Å². The van der Waals surface area contributed by atoms with Gasteiger partial charge in [0.1, 0.15) is 6.10 Å². The van der Waals surface area contributed by atoms with E-state index in [1.54, 1.807) is 0 Å². The van der Waals surface area contributed by atoms with Crippen LogP contribution in [0.3, 0.4) is 0 Å². The number of hydrogen-bond donors (Lipinski definition) is 3. The van der Waals surface area contributed by atoms with Crippen LogP contribution in [0.1, 0.15) is 27.7 Å². The van der Waals surface area contributed by atoms with Gasteiger partial charge in [0.15, 0.2) is 0 Å². The van der Waals surface area contributed by atoms with Gasteiger partial charge in [0.05, 0.1) is 13.2 Å². The van der Waals surface area contributed by atoms with Gasteiger partial charge in [0, 0.05) is 0 Å². The number of aliphatic hydroxyl groups is 3. The summed E-state index contributed by atoms with van der Waals surface area (Å²) in [6.45, 7) is 8.02. The van der Waals surface area contributed by atoms with Crippen LogP contribution in [0.25, 0.3) is 0 Å². The van der Waals surface area contributed by atoms with Gasteiger partial charge in [-0.05, 0) is 5.41 Å². The predicted octanol–water partition coefficient (Wildman–Crippen LogP) is 0.384. The zero-order valence-corrected chi connectivity index (χ0v) is 7.83. The maximum atomic E-state index is 8.17. The monoisotopic (exact) mass is 164 g/mol. The minimum absolute atomic E-state index is 0.365. The molecule has 3 heteroatoms. The highest BCUT2D eigenvalue weighted by atomic mass is 16.3. The van der Waals surface area contributed by atoms with Crippen molar-refractivity contribution in [1.82, 2.24) is 0 Å². The van der Waals surface area contributed by atoms with Crippen LogP contribution < -0.4 is 0 Å². The molecule has 0 aliphatic carbocycles. The van der Waals surface area contributed by atoms with E-state index >= 15 is 0 Å². The van der Waals surface area contributed by atoms with E-state index in [0.717, 1.165) is 0 Å². The SMILES string of the molecule is CC(C)(C)C.OCC(O)CO. The molecule has 0 aliphatic rings. The number of aliphatic hydroxyl groups excluding tert-OH is 3. The third-order valence-corrected chi connectivity index (χ3v) is 0.421. The van der Waals surface area contributed by atoms with Crippen molar-refractivity contribution < 1.29 is 15.3 Å². The third kappa shape index (κ3) is 40.8. The van der Waals surface area contributed by atoms with Crippen molar-refractivity contribution in [2.75, 3.05) is 13.2 Å². The molecule has 0 radical (unpaired) electrons. The molecule has 0 aliphatic heterocycles. The molecule has 0 aromatic rings. The second kappa shape index (κ2) is 6.58. The molecule has 0 rings (SSSR count). The Morgan fingerprint density at radius 3 is 1.18 bits per heavy atom. The maximum absolute atomic E-state index is 8.17. The fourth-order valence-electron chi connectivity index (χ4n) is 0.0577. The lowest BCUT2D eigenvalue weighted by Crippen LogP contribution is -2.15. The molecule has 11 heavy (non-hydrogen) atoms. The lowest BCUT2D eigenvalue weighted by atomic mass is 10.0. The Kier molecular flexibility index (Phi) is 8.06. The Balaban J connectivity index is 0. The summed E-state index contributed by atoms with van der Waals surface area (Å²) in [6.07, 6.45) is -0.954. The lowest BCUT2D eigenvalue weighted by Gasteiger charge is -2.05. The fraction of sp³-hybridized carbons (Fsp3) is 1.00. The first-order valence-corrected chi connectivity index (χ1v) is 3.71. The Morgan fingerprint density at radius 1 is 1.00 bits per heavy atom. The second-order valence-electron chi connectivity index (χ2n) is 4.02. The van der Waals surface area contributed by atoms with Gasteiger partial charge in [-0.15, -0.1) is 0 Å². The first kappa shape index (κ1) is 13.5. The van der Waals surface area contributed by atoms with Crippen LogP contribution in [0, 0.1) is 5.41 Å². The molecule has 0 spiro atoms. The van der Waals surface area contributed by atoms with E-state index in [1.807, 2.05) is 0 Å². The average Bonchev–Trinajstić information content (AvgIpc) is 1.83. The molecular formula is C8H20O3. The Labute approximate surface area is 68.7 Å². The normalized spacial score (nSPS) is 10.9. The molecule has 0 unspecified atom stereocenters. The average molecular weight is 164 g/mol. The molecule has 0 amide bonds. The molecule has 0 aromatic heterocycles. The molecule has 0 atom stereocenters. The minimum Gasteiger partial charge on any atom is -0.394 e. The summed E-state index contributed by atoms with van der Waals surface area (Å²) in [6, 6.07) is 0. The van der Waals surface area contributed by atoms with Crippen LogP contribution in [0.5, 0.6) is 0 Å². The standard InChI is InChI=1S/C5H12.C3H8O3/c1-5(2,3)4;4-1-3(6)2-5/h1-4H3;3-6H,1-2H2. The fourth-order valence-corrected chi connectivity index (χ4v) is 0.0577. The summed E-state index contributed by atoms with van der Waals surface area (Å²) in [5.74, 6) is 0. The molecule has 3 nitrogen and oxygen atoms in total. The quantitative estimate of drug-likeness (QED) is 0.553. The summed E-state index contributed by atoms with van der Waals surface area (Å²) >= 11 is 0. The third-order valence-electron chi connectivity index (χ3n) is 0.421. The Hall–Kier alpha value is -0.120. The molecule has 0 heterocycles. The minimum atomic E-state index is -0.954. The van der Waals surface area contributed by atoms with Gasteiger partial charge in [0.2, 0.25) is 0 Å². The van der Waals surface area contributed by atoms with E-state index in [0.29, 0.717) is 5.41 Å². The van der Waals surface area contributed by atoms with Gasteiger partial charge in [0.25, 0.3) is 0 Å². The topological polar surface area (TPSA) is 60.7 Å². The molecule has 3 N–H and O–H groups in total. The van der Waals surface area contributed by atoms with Crippen molar-refractivity contribution in [2.24, 2.45) is 5.41 Å². The lowest BCUT2D eigenvalue weighted by molar-refractivity contribution is 0.0450. The first-order valence-electron chi connectivity index (χ1n) is 3.71. The van der Waals surface area contributed by atoms with Crippen molar-refractivity contribution in [3.05, 3.63) is 0 Å². The zero-order chi connectivity index (χ0) is 9.49. The molecule has 0 saturated heterocycles. The van der Waals surface area contributed by atoms with Gasteiger partial charge in [-0.2, -0.15) is 0 Å². The van der Waals surface area contributed by atoms with Crippen LogP contribution in [-0.2, 0) is 0 Å². The first-order chi connectivity index (χ1) is 4.81. The highest BCUT2D eigenvalue weighted by Crippen LogP contribution is 2.07. The van der Waals surface area contributed by atoms with Crippen molar-refractivity contribution in [3.8, 4) is 0 Å². The van der Waals surface area contributed by atoms with Gasteiger partial charge in [-0.1, -0.05) is 27.7 Å². The van der Waals surface area contributed by atoms with Gasteiger partial charge >= 0.3 is 0 Å². The molecular weight excluding hydrogens is 144 g/mol. The number of rotatable bonds is 2. The second-order valence-corrected chi connectivity index (χ2v) is 4.02. The molecule has 70 valence electrons. The maximum Gasteiger partial charge on any atom is 0.100 e. The highest BCUT2D eigenvalue weighted by Gasteiger charge is 1.95. The van der Waals surface area contributed by atoms with E-state index in [-0.39, 0.29) is 13.2 Å². The summed E-state index contributed by atoms with van der Waals surface area (Å²) < 4.78 is 0. The van der Waals surface area contributed by atoms with Gasteiger partial charge < -0.3 is 15.3 Å². The summed E-state index contributed by atoms with van der Waals surface area (Å²) in [5, 5.41) is 24.0. The molecule has 0 bridgehead atoms. The highest BCUT2D eigenvalue weighted by molar-refractivity contribution is 4.47. The van der Waals surface area contributed by atoms with E-state index < -0.39 is 6.10 Å². The van der Waals surface area contributed by atoms with Crippen molar-refractivity contribution in [3.63, 3.8) is 0 Å². The molecule has 0 saturated carbocycles. The van der Waals surface area contributed by atoms with E-state index in [1.165, 1.54) is 0 Å².